The third kappa shape index (κ3) is 1.94. The fourth-order valence-corrected chi connectivity index (χ4v) is 5.12. The SMILES string of the molecule is Cc1cccc(C)c1-c1cc2c3c(c1)c1ccccc1c1ccc(n13)CC2. The molecule has 1 aliphatic rings. The van der Waals surface area contributed by atoms with Gasteiger partial charge in [0, 0.05) is 16.5 Å². The van der Waals surface area contributed by atoms with Crippen LogP contribution < -0.4 is 0 Å². The number of hydrogen-bond acceptors (Lipinski definition) is 0. The number of pyridine rings is 1. The van der Waals surface area contributed by atoms with Crippen LogP contribution in [-0.2, 0) is 12.8 Å². The quantitative estimate of drug-likeness (QED) is 0.300. The maximum atomic E-state index is 2.50. The number of hydrogen-bond donors (Lipinski definition) is 0. The van der Waals surface area contributed by atoms with Crippen molar-refractivity contribution < 1.29 is 0 Å². The van der Waals surface area contributed by atoms with Gasteiger partial charge in [0.05, 0.1) is 11.0 Å². The molecule has 1 nitrogen and oxygen atoms in total. The number of nitrogens with zero attached hydrogens (tertiary/aromatic N) is 1. The standard InChI is InChI=1S/C26H21N/c1-16-6-5-7-17(2)25(16)19-14-18-10-11-20-12-13-24-22-9-4-3-8-21(22)23(15-19)26(18)27(20)24/h3-9,12-15H,10-11H2,1-2H3. The summed E-state index contributed by atoms with van der Waals surface area (Å²) in [6.07, 6.45) is 2.23. The molecule has 0 bridgehead atoms. The maximum Gasteiger partial charge on any atom is 0.0569 e. The Morgan fingerprint density at radius 3 is 2.30 bits per heavy atom. The van der Waals surface area contributed by atoms with Gasteiger partial charge < -0.3 is 4.40 Å². The second-order valence-electron chi connectivity index (χ2n) is 7.89. The first-order valence-electron chi connectivity index (χ1n) is 9.76. The Labute approximate surface area is 158 Å². The lowest BCUT2D eigenvalue weighted by atomic mass is 9.89. The molecule has 2 aromatic heterocycles. The molecular weight excluding hydrogens is 326 g/mol. The monoisotopic (exact) mass is 347 g/mol. The minimum Gasteiger partial charge on any atom is -0.313 e. The fraction of sp³-hybridized carbons (Fsp3) is 0.154. The van der Waals surface area contributed by atoms with Crippen molar-refractivity contribution in [1.29, 1.82) is 0 Å². The molecule has 1 heteroatoms. The van der Waals surface area contributed by atoms with Crippen molar-refractivity contribution >= 4 is 27.2 Å². The van der Waals surface area contributed by atoms with Gasteiger partial charge in [-0.25, -0.2) is 0 Å². The van der Waals surface area contributed by atoms with E-state index in [1.807, 2.05) is 0 Å². The van der Waals surface area contributed by atoms with E-state index in [4.69, 9.17) is 0 Å². The van der Waals surface area contributed by atoms with Gasteiger partial charge in [0.15, 0.2) is 0 Å². The van der Waals surface area contributed by atoms with E-state index in [-0.39, 0.29) is 0 Å². The van der Waals surface area contributed by atoms with E-state index >= 15 is 0 Å². The predicted octanol–water partition coefficient (Wildman–Crippen LogP) is 6.63. The van der Waals surface area contributed by atoms with Crippen molar-refractivity contribution in [2.24, 2.45) is 0 Å². The zero-order valence-corrected chi connectivity index (χ0v) is 15.7. The van der Waals surface area contributed by atoms with Gasteiger partial charge in [-0.15, -0.1) is 0 Å². The van der Waals surface area contributed by atoms with Gasteiger partial charge in [-0.1, -0.05) is 42.5 Å². The number of aryl methyl sites for hydroxylation is 4. The minimum atomic E-state index is 1.12. The molecule has 0 fully saturated rings. The summed E-state index contributed by atoms with van der Waals surface area (Å²) in [5.74, 6) is 0. The molecule has 3 aromatic carbocycles. The highest BCUT2D eigenvalue weighted by Crippen LogP contribution is 2.39. The first kappa shape index (κ1) is 15.0. The van der Waals surface area contributed by atoms with Crippen LogP contribution in [0.15, 0.2) is 66.7 Å². The molecule has 6 rings (SSSR count). The molecule has 0 saturated heterocycles. The van der Waals surface area contributed by atoms with Gasteiger partial charge >= 0.3 is 0 Å². The normalized spacial score (nSPS) is 13.3. The summed E-state index contributed by atoms with van der Waals surface area (Å²) in [5.41, 5.74) is 11.1. The lowest BCUT2D eigenvalue weighted by molar-refractivity contribution is 0.877. The molecular formula is C26H21N. The van der Waals surface area contributed by atoms with Crippen LogP contribution in [0.2, 0.25) is 0 Å². The zero-order valence-electron chi connectivity index (χ0n) is 15.7. The van der Waals surface area contributed by atoms with E-state index in [0.29, 0.717) is 0 Å². The summed E-state index contributed by atoms with van der Waals surface area (Å²) in [6, 6.07) is 24.9. The van der Waals surface area contributed by atoms with Crippen LogP contribution in [0.3, 0.4) is 0 Å². The molecule has 0 amide bonds. The Morgan fingerprint density at radius 1 is 0.704 bits per heavy atom. The summed E-state index contributed by atoms with van der Waals surface area (Å²) in [5, 5.41) is 4.09. The van der Waals surface area contributed by atoms with Crippen LogP contribution in [-0.4, -0.2) is 4.40 Å². The van der Waals surface area contributed by atoms with Crippen molar-refractivity contribution in [3.8, 4) is 11.1 Å². The van der Waals surface area contributed by atoms with E-state index in [2.05, 4.69) is 85.0 Å². The largest absolute Gasteiger partial charge is 0.313 e. The Hall–Kier alpha value is -3.06. The van der Waals surface area contributed by atoms with Crippen LogP contribution in [0.5, 0.6) is 0 Å². The Morgan fingerprint density at radius 2 is 1.48 bits per heavy atom. The number of benzene rings is 3. The summed E-state index contributed by atoms with van der Waals surface area (Å²) in [6.45, 7) is 4.45. The van der Waals surface area contributed by atoms with Crippen LogP contribution in [0.1, 0.15) is 22.4 Å². The van der Waals surface area contributed by atoms with Gasteiger partial charge in [-0.3, -0.25) is 0 Å². The molecule has 0 radical (unpaired) electrons. The average molecular weight is 347 g/mol. The molecule has 3 heterocycles. The summed E-state index contributed by atoms with van der Waals surface area (Å²) < 4.78 is 2.50. The van der Waals surface area contributed by atoms with Crippen molar-refractivity contribution in [1.82, 2.24) is 4.40 Å². The highest BCUT2D eigenvalue weighted by Gasteiger charge is 2.20. The Balaban J connectivity index is 1.85. The number of aromatic nitrogens is 1. The third-order valence-electron chi connectivity index (χ3n) is 6.29. The first-order chi connectivity index (χ1) is 13.2. The molecule has 1 aliphatic heterocycles. The van der Waals surface area contributed by atoms with Gasteiger partial charge in [0.1, 0.15) is 0 Å². The molecule has 0 atom stereocenters. The predicted molar refractivity (Wildman–Crippen MR) is 115 cm³/mol. The van der Waals surface area contributed by atoms with E-state index in [1.165, 1.54) is 60.7 Å². The molecule has 0 unspecified atom stereocenters. The van der Waals surface area contributed by atoms with E-state index in [9.17, 15) is 0 Å². The molecule has 27 heavy (non-hydrogen) atoms. The van der Waals surface area contributed by atoms with Crippen molar-refractivity contribution in [2.45, 2.75) is 26.7 Å². The molecule has 0 spiro atoms. The summed E-state index contributed by atoms with van der Waals surface area (Å²) in [7, 11) is 0. The van der Waals surface area contributed by atoms with E-state index < -0.39 is 0 Å². The second-order valence-corrected chi connectivity index (χ2v) is 7.89. The van der Waals surface area contributed by atoms with Gasteiger partial charge in [0.25, 0.3) is 0 Å². The van der Waals surface area contributed by atoms with Crippen molar-refractivity contribution in [3.63, 3.8) is 0 Å². The zero-order chi connectivity index (χ0) is 18.1. The van der Waals surface area contributed by atoms with Gasteiger partial charge in [0.2, 0.25) is 0 Å². The fourth-order valence-electron chi connectivity index (χ4n) is 5.12. The average Bonchev–Trinajstić information content (AvgIpc) is 3.12. The first-order valence-corrected chi connectivity index (χ1v) is 9.76. The smallest absolute Gasteiger partial charge is 0.0569 e. The van der Waals surface area contributed by atoms with E-state index in [1.54, 1.807) is 0 Å². The minimum absolute atomic E-state index is 1.12. The lowest BCUT2D eigenvalue weighted by Gasteiger charge is -2.21. The summed E-state index contributed by atoms with van der Waals surface area (Å²) in [4.78, 5) is 0. The molecule has 0 saturated carbocycles. The summed E-state index contributed by atoms with van der Waals surface area (Å²) >= 11 is 0. The molecule has 0 N–H and O–H groups in total. The van der Waals surface area contributed by atoms with Crippen LogP contribution in [0.25, 0.3) is 38.3 Å². The van der Waals surface area contributed by atoms with Gasteiger partial charge in [-0.05, 0) is 84.2 Å². The highest BCUT2D eigenvalue weighted by molar-refractivity contribution is 6.14. The molecule has 130 valence electrons. The Bertz CT molecular complexity index is 1360. The number of fused-ring (bicyclic) bond motifs is 3. The number of rotatable bonds is 1. The Kier molecular flexibility index (Phi) is 2.91. The van der Waals surface area contributed by atoms with Gasteiger partial charge in [-0.2, -0.15) is 0 Å². The molecule has 0 aliphatic carbocycles. The van der Waals surface area contributed by atoms with Crippen molar-refractivity contribution in [2.75, 3.05) is 0 Å². The van der Waals surface area contributed by atoms with E-state index in [0.717, 1.165) is 12.8 Å². The van der Waals surface area contributed by atoms with Crippen LogP contribution in [0, 0.1) is 13.8 Å². The van der Waals surface area contributed by atoms with Crippen molar-refractivity contribution in [3.05, 3.63) is 89.1 Å². The molecule has 5 aromatic rings. The third-order valence-corrected chi connectivity index (χ3v) is 6.29. The highest BCUT2D eigenvalue weighted by atomic mass is 14.9. The van der Waals surface area contributed by atoms with Crippen LogP contribution in [0.4, 0.5) is 0 Å². The second kappa shape index (κ2) is 5.23. The lowest BCUT2D eigenvalue weighted by Crippen LogP contribution is -2.07. The maximum absolute atomic E-state index is 2.50. The topological polar surface area (TPSA) is 4.41 Å². The van der Waals surface area contributed by atoms with Crippen LogP contribution >= 0.6 is 0 Å².